The van der Waals surface area contributed by atoms with E-state index >= 15 is 0 Å². The van der Waals surface area contributed by atoms with Crippen molar-refractivity contribution in [2.75, 3.05) is 6.61 Å². The zero-order valence-electron chi connectivity index (χ0n) is 18.2. The van der Waals surface area contributed by atoms with Gasteiger partial charge in [0.15, 0.2) is 0 Å². The van der Waals surface area contributed by atoms with Crippen molar-refractivity contribution in [3.05, 3.63) is 108 Å². The van der Waals surface area contributed by atoms with Crippen LogP contribution < -0.4 is 0 Å². The molecule has 2 aliphatic rings. The monoisotopic (exact) mass is 430 g/mol. The molecule has 4 heteroatoms. The van der Waals surface area contributed by atoms with Crippen LogP contribution in [0.4, 0.5) is 0 Å². The molecule has 0 aromatic heterocycles. The molecule has 0 amide bonds. The summed E-state index contributed by atoms with van der Waals surface area (Å²) < 4.78 is 25.3. The van der Waals surface area contributed by atoms with Crippen LogP contribution in [0.3, 0.4) is 0 Å². The summed E-state index contributed by atoms with van der Waals surface area (Å²) in [6.45, 7) is 2.17. The SMILES string of the molecule is c1ccc(COC[C@H]2OC3CC3[C@@H](OCc3ccccc3)[C@@H]2OCc2ccccc2)cc1. The van der Waals surface area contributed by atoms with Gasteiger partial charge in [0.2, 0.25) is 0 Å². The summed E-state index contributed by atoms with van der Waals surface area (Å²) in [5, 5.41) is 0. The Bertz CT molecular complexity index is 947. The topological polar surface area (TPSA) is 36.9 Å². The van der Waals surface area contributed by atoms with E-state index in [9.17, 15) is 0 Å². The van der Waals surface area contributed by atoms with Crippen LogP contribution in [0, 0.1) is 5.92 Å². The second kappa shape index (κ2) is 10.4. The number of ether oxygens (including phenoxy) is 4. The van der Waals surface area contributed by atoms with Gasteiger partial charge in [0.1, 0.15) is 12.2 Å². The lowest BCUT2D eigenvalue weighted by molar-refractivity contribution is -0.201. The summed E-state index contributed by atoms with van der Waals surface area (Å²) in [7, 11) is 0. The molecule has 5 atom stereocenters. The fraction of sp³-hybridized carbons (Fsp3) is 0.357. The van der Waals surface area contributed by atoms with Gasteiger partial charge in [0.25, 0.3) is 0 Å². The van der Waals surface area contributed by atoms with E-state index < -0.39 is 0 Å². The van der Waals surface area contributed by atoms with E-state index in [-0.39, 0.29) is 24.4 Å². The third-order valence-electron chi connectivity index (χ3n) is 6.20. The van der Waals surface area contributed by atoms with Crippen LogP contribution in [-0.2, 0) is 38.8 Å². The molecule has 1 saturated carbocycles. The molecule has 4 nitrogen and oxygen atoms in total. The van der Waals surface area contributed by atoms with Gasteiger partial charge < -0.3 is 18.9 Å². The first-order valence-corrected chi connectivity index (χ1v) is 11.4. The molecule has 2 fully saturated rings. The summed E-state index contributed by atoms with van der Waals surface area (Å²) in [5.41, 5.74) is 3.48. The van der Waals surface area contributed by atoms with Crippen molar-refractivity contribution in [1.82, 2.24) is 0 Å². The molecule has 5 rings (SSSR count). The summed E-state index contributed by atoms with van der Waals surface area (Å²) in [5.74, 6) is 0.393. The van der Waals surface area contributed by atoms with Crippen molar-refractivity contribution in [2.45, 2.75) is 50.7 Å². The first-order valence-electron chi connectivity index (χ1n) is 11.4. The lowest BCUT2D eigenvalue weighted by atomic mass is 10.0. The molecule has 0 spiro atoms. The Morgan fingerprint density at radius 3 is 1.69 bits per heavy atom. The first kappa shape index (κ1) is 21.4. The largest absolute Gasteiger partial charge is 0.374 e. The third kappa shape index (κ3) is 5.45. The fourth-order valence-electron chi connectivity index (χ4n) is 4.40. The van der Waals surface area contributed by atoms with Gasteiger partial charge >= 0.3 is 0 Å². The molecule has 0 radical (unpaired) electrons. The zero-order valence-corrected chi connectivity index (χ0v) is 18.2. The van der Waals surface area contributed by atoms with E-state index in [4.69, 9.17) is 18.9 Å². The Balaban J connectivity index is 1.26. The zero-order chi connectivity index (χ0) is 21.6. The van der Waals surface area contributed by atoms with E-state index in [1.54, 1.807) is 0 Å². The predicted molar refractivity (Wildman–Crippen MR) is 123 cm³/mol. The van der Waals surface area contributed by atoms with E-state index in [1.807, 2.05) is 54.6 Å². The summed E-state index contributed by atoms with van der Waals surface area (Å²) in [4.78, 5) is 0. The quantitative estimate of drug-likeness (QED) is 0.445. The van der Waals surface area contributed by atoms with Crippen molar-refractivity contribution in [2.24, 2.45) is 5.92 Å². The smallest absolute Gasteiger partial charge is 0.113 e. The van der Waals surface area contributed by atoms with Crippen molar-refractivity contribution >= 4 is 0 Å². The molecule has 1 aliphatic carbocycles. The second-order valence-electron chi connectivity index (χ2n) is 8.64. The molecular formula is C28H30O4. The number of fused-ring (bicyclic) bond motifs is 1. The number of hydrogen-bond acceptors (Lipinski definition) is 4. The van der Waals surface area contributed by atoms with Gasteiger partial charge in [-0.15, -0.1) is 0 Å². The van der Waals surface area contributed by atoms with E-state index in [1.165, 1.54) is 5.56 Å². The Hall–Kier alpha value is -2.50. The van der Waals surface area contributed by atoms with E-state index in [0.717, 1.165) is 17.5 Å². The molecule has 0 bridgehead atoms. The number of hydrogen-bond donors (Lipinski definition) is 0. The number of benzene rings is 3. The first-order chi connectivity index (χ1) is 15.9. The minimum Gasteiger partial charge on any atom is -0.374 e. The molecule has 1 heterocycles. The molecule has 1 saturated heterocycles. The van der Waals surface area contributed by atoms with Crippen LogP contribution in [0.5, 0.6) is 0 Å². The van der Waals surface area contributed by atoms with Crippen molar-refractivity contribution < 1.29 is 18.9 Å². The number of rotatable bonds is 10. The lowest BCUT2D eigenvalue weighted by Crippen LogP contribution is -2.50. The molecule has 0 N–H and O–H groups in total. The van der Waals surface area contributed by atoms with Crippen molar-refractivity contribution in [3.63, 3.8) is 0 Å². The highest BCUT2D eigenvalue weighted by molar-refractivity contribution is 5.16. The minimum atomic E-state index is -0.168. The normalized spacial score (nSPS) is 26.4. The Labute approximate surface area is 190 Å². The minimum absolute atomic E-state index is 0.00277. The van der Waals surface area contributed by atoms with Crippen LogP contribution in [-0.4, -0.2) is 31.0 Å². The van der Waals surface area contributed by atoms with Crippen LogP contribution in [0.15, 0.2) is 91.0 Å². The van der Waals surface area contributed by atoms with Gasteiger partial charge in [-0.1, -0.05) is 91.0 Å². The maximum Gasteiger partial charge on any atom is 0.113 e. The second-order valence-corrected chi connectivity index (χ2v) is 8.64. The Morgan fingerprint density at radius 1 is 0.625 bits per heavy atom. The summed E-state index contributed by atoms with van der Waals surface area (Å²) in [6, 6.07) is 30.8. The van der Waals surface area contributed by atoms with E-state index in [2.05, 4.69) is 36.4 Å². The molecular weight excluding hydrogens is 400 g/mol. The van der Waals surface area contributed by atoms with Gasteiger partial charge in [-0.2, -0.15) is 0 Å². The molecule has 3 aromatic carbocycles. The molecule has 32 heavy (non-hydrogen) atoms. The highest BCUT2D eigenvalue weighted by Gasteiger charge is 2.56. The van der Waals surface area contributed by atoms with Gasteiger partial charge in [0.05, 0.1) is 38.6 Å². The molecule has 2 unspecified atom stereocenters. The van der Waals surface area contributed by atoms with Gasteiger partial charge in [-0.3, -0.25) is 0 Å². The Morgan fingerprint density at radius 2 is 1.12 bits per heavy atom. The summed E-state index contributed by atoms with van der Waals surface area (Å²) in [6.07, 6.45) is 0.964. The lowest BCUT2D eigenvalue weighted by Gasteiger charge is -2.37. The van der Waals surface area contributed by atoms with Crippen molar-refractivity contribution in [1.29, 1.82) is 0 Å². The highest BCUT2D eigenvalue weighted by Crippen LogP contribution is 2.46. The standard InChI is InChI=1S/C28H30O4/c1-4-10-21(11-5-1)17-29-20-26-28(31-19-23-14-8-3-9-15-23)27(24-16-25(24)32-26)30-18-22-12-6-2-7-13-22/h1-15,24-28H,16-20H2/t24?,25?,26-,27-,28-/m1/s1. The average Bonchev–Trinajstić information content (AvgIpc) is 3.63. The van der Waals surface area contributed by atoms with Gasteiger partial charge in [0, 0.05) is 5.92 Å². The molecule has 166 valence electrons. The fourth-order valence-corrected chi connectivity index (χ4v) is 4.40. The van der Waals surface area contributed by atoms with Gasteiger partial charge in [-0.05, 0) is 23.1 Å². The van der Waals surface area contributed by atoms with Crippen LogP contribution in [0.1, 0.15) is 23.1 Å². The van der Waals surface area contributed by atoms with Crippen LogP contribution in [0.25, 0.3) is 0 Å². The van der Waals surface area contributed by atoms with Crippen LogP contribution in [0.2, 0.25) is 0 Å². The molecule has 1 aliphatic heterocycles. The van der Waals surface area contributed by atoms with Crippen LogP contribution >= 0.6 is 0 Å². The van der Waals surface area contributed by atoms with Crippen molar-refractivity contribution in [3.8, 4) is 0 Å². The summed E-state index contributed by atoms with van der Waals surface area (Å²) >= 11 is 0. The highest BCUT2D eigenvalue weighted by atomic mass is 16.6. The predicted octanol–water partition coefficient (Wildman–Crippen LogP) is 5.16. The molecule has 3 aromatic rings. The van der Waals surface area contributed by atoms with Gasteiger partial charge in [-0.25, -0.2) is 0 Å². The maximum absolute atomic E-state index is 6.46. The maximum atomic E-state index is 6.46. The third-order valence-corrected chi connectivity index (χ3v) is 6.20. The van der Waals surface area contributed by atoms with E-state index in [0.29, 0.717) is 32.3 Å². The average molecular weight is 431 g/mol. The Kier molecular flexibility index (Phi) is 6.95.